The van der Waals surface area contributed by atoms with Crippen LogP contribution in [0, 0.1) is 17.8 Å². The molecule has 0 saturated heterocycles. The van der Waals surface area contributed by atoms with Crippen molar-refractivity contribution in [2.45, 2.75) is 44.1 Å². The van der Waals surface area contributed by atoms with Gasteiger partial charge in [0.1, 0.15) is 0 Å². The summed E-state index contributed by atoms with van der Waals surface area (Å²) in [5.41, 5.74) is 0.883. The molecule has 2 N–H and O–H groups in total. The van der Waals surface area contributed by atoms with E-state index in [0.717, 1.165) is 42.6 Å². The van der Waals surface area contributed by atoms with Crippen molar-refractivity contribution in [1.29, 1.82) is 0 Å². The van der Waals surface area contributed by atoms with Crippen molar-refractivity contribution in [2.75, 3.05) is 7.11 Å². The largest absolute Gasteiger partial charge is 0.504 e. The van der Waals surface area contributed by atoms with E-state index in [1.165, 1.54) is 26.4 Å². The predicted octanol–water partition coefficient (Wildman–Crippen LogP) is 3.50. The van der Waals surface area contributed by atoms with Crippen LogP contribution in [0.1, 0.15) is 44.1 Å². The number of aromatic hydroxyl groups is 1. The van der Waals surface area contributed by atoms with E-state index in [-0.39, 0.29) is 17.2 Å². The molecule has 1 aromatic carbocycles. The van der Waals surface area contributed by atoms with E-state index in [9.17, 15) is 9.90 Å². The lowest BCUT2D eigenvalue weighted by Gasteiger charge is -2.56. The number of nitrogens with one attached hydrogen (secondary N) is 1. The highest BCUT2D eigenvalue weighted by Crippen LogP contribution is 2.55. The number of ether oxygens (including phenoxy) is 1. The molecule has 1 amide bonds. The van der Waals surface area contributed by atoms with Crippen molar-refractivity contribution in [2.24, 2.45) is 17.8 Å². The Kier molecular flexibility index (Phi) is 3.78. The second-order valence-electron chi connectivity index (χ2n) is 7.95. The summed E-state index contributed by atoms with van der Waals surface area (Å²) < 4.78 is 5.10. The molecular weight excluding hydrogens is 302 g/mol. The highest BCUT2D eigenvalue weighted by atomic mass is 16.5. The smallest absolute Gasteiger partial charge is 0.244 e. The SMILES string of the molecule is COc1cc(C=CC(=O)NC23CC4CC(CC(C4)C2)C3)ccc1O. The number of phenolic OH excluding ortho intramolecular Hbond substituents is 1. The first-order chi connectivity index (χ1) is 11.5. The fourth-order valence-electron chi connectivity index (χ4n) is 5.54. The van der Waals surface area contributed by atoms with E-state index in [1.807, 2.05) is 0 Å². The zero-order valence-electron chi connectivity index (χ0n) is 14.1. The Morgan fingerprint density at radius 2 is 1.83 bits per heavy atom. The molecule has 0 atom stereocenters. The molecule has 24 heavy (non-hydrogen) atoms. The summed E-state index contributed by atoms with van der Waals surface area (Å²) in [6.45, 7) is 0. The van der Waals surface area contributed by atoms with Gasteiger partial charge in [-0.25, -0.2) is 0 Å². The second-order valence-corrected chi connectivity index (χ2v) is 7.95. The lowest BCUT2D eigenvalue weighted by atomic mass is 9.53. The van der Waals surface area contributed by atoms with Gasteiger partial charge in [0.15, 0.2) is 11.5 Å². The average molecular weight is 327 g/mol. The Hall–Kier alpha value is -1.97. The van der Waals surface area contributed by atoms with Crippen LogP contribution in [0.25, 0.3) is 6.08 Å². The molecule has 128 valence electrons. The molecule has 4 bridgehead atoms. The summed E-state index contributed by atoms with van der Waals surface area (Å²) in [5.74, 6) is 2.97. The second kappa shape index (κ2) is 5.83. The number of carbonyl (C=O) groups is 1. The van der Waals surface area contributed by atoms with Gasteiger partial charge < -0.3 is 15.2 Å². The molecule has 1 aromatic rings. The molecule has 0 radical (unpaired) electrons. The minimum Gasteiger partial charge on any atom is -0.504 e. The molecule has 5 rings (SSSR count). The third-order valence-corrected chi connectivity index (χ3v) is 6.06. The molecule has 4 aliphatic carbocycles. The van der Waals surface area contributed by atoms with Crippen LogP contribution in [0.2, 0.25) is 0 Å². The third-order valence-electron chi connectivity index (χ3n) is 6.06. The quantitative estimate of drug-likeness (QED) is 0.832. The zero-order valence-corrected chi connectivity index (χ0v) is 14.1. The Bertz CT molecular complexity index is 644. The van der Waals surface area contributed by atoms with E-state index >= 15 is 0 Å². The van der Waals surface area contributed by atoms with Crippen LogP contribution in [0.4, 0.5) is 0 Å². The molecule has 0 heterocycles. The number of methoxy groups -OCH3 is 1. The van der Waals surface area contributed by atoms with Crippen molar-refractivity contribution < 1.29 is 14.6 Å². The van der Waals surface area contributed by atoms with Crippen LogP contribution in [0.15, 0.2) is 24.3 Å². The van der Waals surface area contributed by atoms with Crippen LogP contribution in [0.5, 0.6) is 11.5 Å². The van der Waals surface area contributed by atoms with E-state index < -0.39 is 0 Å². The van der Waals surface area contributed by atoms with Gasteiger partial charge in [0.05, 0.1) is 7.11 Å². The fraction of sp³-hybridized carbons (Fsp3) is 0.550. The first kappa shape index (κ1) is 15.6. The molecule has 4 saturated carbocycles. The van der Waals surface area contributed by atoms with Crippen molar-refractivity contribution in [1.82, 2.24) is 5.32 Å². The number of rotatable bonds is 4. The summed E-state index contributed by atoms with van der Waals surface area (Å²) >= 11 is 0. The monoisotopic (exact) mass is 327 g/mol. The van der Waals surface area contributed by atoms with Crippen LogP contribution in [-0.4, -0.2) is 23.7 Å². The first-order valence-electron chi connectivity index (χ1n) is 8.92. The Balaban J connectivity index is 1.43. The molecule has 0 spiro atoms. The Morgan fingerprint density at radius 1 is 1.21 bits per heavy atom. The molecule has 4 aliphatic rings. The van der Waals surface area contributed by atoms with E-state index in [1.54, 1.807) is 30.4 Å². The minimum atomic E-state index is -0.0102. The third kappa shape index (κ3) is 2.90. The summed E-state index contributed by atoms with van der Waals surface area (Å²) in [5, 5.41) is 13.0. The van der Waals surface area contributed by atoms with Gasteiger partial charge in [-0.3, -0.25) is 4.79 Å². The number of hydrogen-bond acceptors (Lipinski definition) is 3. The molecule has 4 heteroatoms. The lowest BCUT2D eigenvalue weighted by molar-refractivity contribution is -0.122. The average Bonchev–Trinajstić information content (AvgIpc) is 2.52. The van der Waals surface area contributed by atoms with Crippen LogP contribution >= 0.6 is 0 Å². The Labute approximate surface area is 142 Å². The normalized spacial score (nSPS) is 33.8. The van der Waals surface area contributed by atoms with Crippen LogP contribution < -0.4 is 10.1 Å². The summed E-state index contributed by atoms with van der Waals surface area (Å²) in [7, 11) is 1.52. The topological polar surface area (TPSA) is 58.6 Å². The predicted molar refractivity (Wildman–Crippen MR) is 92.7 cm³/mol. The number of hydrogen-bond donors (Lipinski definition) is 2. The number of phenols is 1. The molecule has 0 aliphatic heterocycles. The van der Waals surface area contributed by atoms with Gasteiger partial charge in [0.2, 0.25) is 5.91 Å². The van der Waals surface area contributed by atoms with Gasteiger partial charge in [-0.1, -0.05) is 6.07 Å². The van der Waals surface area contributed by atoms with Gasteiger partial charge >= 0.3 is 0 Å². The van der Waals surface area contributed by atoms with Gasteiger partial charge in [0.25, 0.3) is 0 Å². The van der Waals surface area contributed by atoms with Crippen molar-refractivity contribution in [3.05, 3.63) is 29.8 Å². The number of amides is 1. The highest BCUT2D eigenvalue weighted by molar-refractivity contribution is 5.92. The van der Waals surface area contributed by atoms with Gasteiger partial charge in [-0.2, -0.15) is 0 Å². The molecule has 0 unspecified atom stereocenters. The highest BCUT2D eigenvalue weighted by Gasteiger charge is 2.51. The summed E-state index contributed by atoms with van der Waals surface area (Å²) in [6, 6.07) is 5.08. The van der Waals surface area contributed by atoms with Gasteiger partial charge in [-0.15, -0.1) is 0 Å². The summed E-state index contributed by atoms with van der Waals surface area (Å²) in [6.07, 6.45) is 11.0. The van der Waals surface area contributed by atoms with Crippen molar-refractivity contribution >= 4 is 12.0 Å². The maximum Gasteiger partial charge on any atom is 0.244 e. The van der Waals surface area contributed by atoms with E-state index in [4.69, 9.17) is 4.74 Å². The number of carbonyl (C=O) groups excluding carboxylic acids is 1. The molecule has 4 fully saturated rings. The lowest BCUT2D eigenvalue weighted by Crippen LogP contribution is -2.59. The maximum atomic E-state index is 12.4. The van der Waals surface area contributed by atoms with E-state index in [0.29, 0.717) is 5.75 Å². The van der Waals surface area contributed by atoms with Crippen molar-refractivity contribution in [3.63, 3.8) is 0 Å². The van der Waals surface area contributed by atoms with Gasteiger partial charge in [0, 0.05) is 11.6 Å². The van der Waals surface area contributed by atoms with Crippen LogP contribution in [-0.2, 0) is 4.79 Å². The fourth-order valence-corrected chi connectivity index (χ4v) is 5.54. The Morgan fingerprint density at radius 3 is 2.42 bits per heavy atom. The maximum absolute atomic E-state index is 12.4. The standard InChI is InChI=1S/C20H25NO3/c1-24-18-9-13(2-4-17(18)22)3-5-19(23)21-20-10-14-6-15(11-20)8-16(7-14)12-20/h2-5,9,14-16,22H,6-8,10-12H2,1H3,(H,21,23). The van der Waals surface area contributed by atoms with E-state index in [2.05, 4.69) is 5.32 Å². The molecule has 4 nitrogen and oxygen atoms in total. The molecular formula is C20H25NO3. The number of benzene rings is 1. The zero-order chi connectivity index (χ0) is 16.7. The van der Waals surface area contributed by atoms with Gasteiger partial charge in [-0.05, 0) is 80.1 Å². The van der Waals surface area contributed by atoms with Crippen molar-refractivity contribution in [3.8, 4) is 11.5 Å². The summed E-state index contributed by atoms with van der Waals surface area (Å²) in [4.78, 5) is 12.4. The van der Waals surface area contributed by atoms with Crippen LogP contribution in [0.3, 0.4) is 0 Å². The molecule has 0 aromatic heterocycles. The first-order valence-corrected chi connectivity index (χ1v) is 8.92. The minimum absolute atomic E-state index is 0.0102.